The van der Waals surface area contributed by atoms with Crippen molar-refractivity contribution < 1.29 is 13.6 Å². The standard InChI is InChI=1S/C15H17F2N5O/c1-9-4-14(22(2)3)21-13(19-9)8-18-15(23)20-12-6-10(16)5-11(17)7-12/h4-7H,8H2,1-3H3,(H2,18,20,23). The van der Waals surface area contributed by atoms with Crippen LogP contribution in [0, 0.1) is 18.6 Å². The Hall–Kier alpha value is -2.77. The zero-order chi connectivity index (χ0) is 17.0. The maximum atomic E-state index is 13.1. The van der Waals surface area contributed by atoms with E-state index in [1.54, 1.807) is 0 Å². The molecule has 0 radical (unpaired) electrons. The van der Waals surface area contributed by atoms with Gasteiger partial charge in [-0.25, -0.2) is 23.5 Å². The van der Waals surface area contributed by atoms with E-state index >= 15 is 0 Å². The Morgan fingerprint density at radius 2 is 1.78 bits per heavy atom. The van der Waals surface area contributed by atoms with Gasteiger partial charge in [-0.15, -0.1) is 0 Å². The number of anilines is 2. The van der Waals surface area contributed by atoms with Crippen molar-refractivity contribution in [2.75, 3.05) is 24.3 Å². The third-order valence-electron chi connectivity index (χ3n) is 2.87. The molecule has 2 aromatic rings. The zero-order valence-corrected chi connectivity index (χ0v) is 13.0. The van der Waals surface area contributed by atoms with E-state index in [2.05, 4.69) is 20.6 Å². The van der Waals surface area contributed by atoms with E-state index in [0.717, 1.165) is 29.7 Å². The van der Waals surface area contributed by atoms with Crippen molar-refractivity contribution >= 4 is 17.5 Å². The summed E-state index contributed by atoms with van der Waals surface area (Å²) in [5.41, 5.74) is 0.798. The van der Waals surface area contributed by atoms with Crippen molar-refractivity contribution in [3.8, 4) is 0 Å². The average Bonchev–Trinajstić information content (AvgIpc) is 2.43. The first-order chi connectivity index (χ1) is 10.8. The minimum Gasteiger partial charge on any atom is -0.363 e. The summed E-state index contributed by atoms with van der Waals surface area (Å²) in [6.07, 6.45) is 0. The number of carbonyl (C=O) groups excluding carboxylic acids is 1. The normalized spacial score (nSPS) is 10.3. The van der Waals surface area contributed by atoms with Gasteiger partial charge in [-0.2, -0.15) is 0 Å². The molecule has 122 valence electrons. The number of nitrogens with zero attached hydrogens (tertiary/aromatic N) is 3. The number of urea groups is 1. The molecular weight excluding hydrogens is 304 g/mol. The second-order valence-electron chi connectivity index (χ2n) is 5.14. The summed E-state index contributed by atoms with van der Waals surface area (Å²) in [6.45, 7) is 1.92. The molecule has 1 heterocycles. The van der Waals surface area contributed by atoms with E-state index in [-0.39, 0.29) is 12.2 Å². The van der Waals surface area contributed by atoms with Crippen LogP contribution in [0.5, 0.6) is 0 Å². The van der Waals surface area contributed by atoms with Gasteiger partial charge in [-0.05, 0) is 19.1 Å². The predicted octanol–water partition coefficient (Wildman–Crippen LogP) is 2.45. The molecule has 0 saturated carbocycles. The number of aromatic nitrogens is 2. The lowest BCUT2D eigenvalue weighted by molar-refractivity contribution is 0.251. The number of carbonyl (C=O) groups is 1. The summed E-state index contributed by atoms with van der Waals surface area (Å²) in [4.78, 5) is 22.1. The first kappa shape index (κ1) is 16.6. The number of hydrogen-bond acceptors (Lipinski definition) is 4. The Labute approximate surface area is 132 Å². The molecule has 8 heteroatoms. The molecule has 0 aliphatic rings. The first-order valence-electron chi connectivity index (χ1n) is 6.86. The number of amides is 2. The number of benzene rings is 1. The van der Waals surface area contributed by atoms with Crippen LogP contribution in [0.4, 0.5) is 25.1 Å². The molecule has 0 aliphatic carbocycles. The van der Waals surface area contributed by atoms with Crippen LogP contribution in [0.3, 0.4) is 0 Å². The summed E-state index contributed by atoms with van der Waals surface area (Å²) in [6, 6.07) is 3.99. The zero-order valence-electron chi connectivity index (χ0n) is 13.0. The van der Waals surface area contributed by atoms with E-state index in [1.165, 1.54) is 0 Å². The minimum atomic E-state index is -0.766. The van der Waals surface area contributed by atoms with Crippen LogP contribution in [-0.4, -0.2) is 30.1 Å². The van der Waals surface area contributed by atoms with Gasteiger partial charge in [0, 0.05) is 37.6 Å². The number of rotatable bonds is 4. The molecule has 2 amide bonds. The van der Waals surface area contributed by atoms with Gasteiger partial charge in [0.15, 0.2) is 0 Å². The van der Waals surface area contributed by atoms with Crippen molar-refractivity contribution in [2.24, 2.45) is 0 Å². The van der Waals surface area contributed by atoms with Crippen molar-refractivity contribution in [3.63, 3.8) is 0 Å². The fourth-order valence-electron chi connectivity index (χ4n) is 1.88. The quantitative estimate of drug-likeness (QED) is 0.907. The molecule has 2 rings (SSSR count). The Bertz CT molecular complexity index is 701. The minimum absolute atomic E-state index is 0.0270. The Balaban J connectivity index is 1.99. The molecule has 1 aromatic carbocycles. The molecule has 1 aromatic heterocycles. The van der Waals surface area contributed by atoms with Crippen LogP contribution in [0.1, 0.15) is 11.5 Å². The summed E-state index contributed by atoms with van der Waals surface area (Å²) < 4.78 is 26.1. The van der Waals surface area contributed by atoms with Gasteiger partial charge in [0.25, 0.3) is 0 Å². The van der Waals surface area contributed by atoms with E-state index in [9.17, 15) is 13.6 Å². The highest BCUT2D eigenvalue weighted by molar-refractivity contribution is 5.89. The molecule has 0 atom stereocenters. The van der Waals surface area contributed by atoms with Gasteiger partial charge < -0.3 is 15.5 Å². The first-order valence-corrected chi connectivity index (χ1v) is 6.86. The topological polar surface area (TPSA) is 70.2 Å². The van der Waals surface area contributed by atoms with E-state index in [0.29, 0.717) is 5.82 Å². The largest absolute Gasteiger partial charge is 0.363 e. The smallest absolute Gasteiger partial charge is 0.319 e. The van der Waals surface area contributed by atoms with Gasteiger partial charge in [0.05, 0.1) is 6.54 Å². The number of halogens is 2. The Morgan fingerprint density at radius 1 is 1.13 bits per heavy atom. The number of nitrogens with one attached hydrogen (secondary N) is 2. The molecule has 0 spiro atoms. The second kappa shape index (κ2) is 6.99. The van der Waals surface area contributed by atoms with Crippen LogP contribution in [0.2, 0.25) is 0 Å². The van der Waals surface area contributed by atoms with Gasteiger partial charge in [0.2, 0.25) is 0 Å². The Morgan fingerprint density at radius 3 is 2.39 bits per heavy atom. The summed E-state index contributed by atoms with van der Waals surface area (Å²) in [7, 11) is 3.70. The SMILES string of the molecule is Cc1cc(N(C)C)nc(CNC(=O)Nc2cc(F)cc(F)c2)n1. The number of aryl methyl sites for hydroxylation is 1. The number of hydrogen-bond donors (Lipinski definition) is 2. The van der Waals surface area contributed by atoms with Crippen LogP contribution in [-0.2, 0) is 6.54 Å². The molecule has 0 fully saturated rings. The molecule has 0 unspecified atom stereocenters. The lowest BCUT2D eigenvalue weighted by Crippen LogP contribution is -2.29. The average molecular weight is 321 g/mol. The molecule has 0 aliphatic heterocycles. The van der Waals surface area contributed by atoms with E-state index in [1.807, 2.05) is 32.0 Å². The third kappa shape index (κ3) is 4.87. The highest BCUT2D eigenvalue weighted by Crippen LogP contribution is 2.13. The van der Waals surface area contributed by atoms with Crippen LogP contribution >= 0.6 is 0 Å². The maximum absolute atomic E-state index is 13.1. The fraction of sp³-hybridized carbons (Fsp3) is 0.267. The van der Waals surface area contributed by atoms with Crippen molar-refractivity contribution in [2.45, 2.75) is 13.5 Å². The molecular formula is C15H17F2N5O. The van der Waals surface area contributed by atoms with Gasteiger partial charge in [-0.1, -0.05) is 0 Å². The van der Waals surface area contributed by atoms with Crippen molar-refractivity contribution in [3.05, 3.63) is 47.4 Å². The highest BCUT2D eigenvalue weighted by atomic mass is 19.1. The van der Waals surface area contributed by atoms with Gasteiger partial charge >= 0.3 is 6.03 Å². The lowest BCUT2D eigenvalue weighted by Gasteiger charge is -2.13. The second-order valence-corrected chi connectivity index (χ2v) is 5.14. The van der Waals surface area contributed by atoms with Crippen LogP contribution in [0.15, 0.2) is 24.3 Å². The maximum Gasteiger partial charge on any atom is 0.319 e. The van der Waals surface area contributed by atoms with Crippen LogP contribution in [0.25, 0.3) is 0 Å². The summed E-state index contributed by atoms with van der Waals surface area (Å²) >= 11 is 0. The molecule has 6 nitrogen and oxygen atoms in total. The molecule has 23 heavy (non-hydrogen) atoms. The van der Waals surface area contributed by atoms with E-state index in [4.69, 9.17) is 0 Å². The monoisotopic (exact) mass is 321 g/mol. The Kier molecular flexibility index (Phi) is 5.05. The van der Waals surface area contributed by atoms with Gasteiger partial charge in [-0.3, -0.25) is 0 Å². The van der Waals surface area contributed by atoms with Crippen molar-refractivity contribution in [1.29, 1.82) is 0 Å². The summed E-state index contributed by atoms with van der Waals surface area (Å²) in [5.74, 6) is -0.368. The molecule has 0 bridgehead atoms. The lowest BCUT2D eigenvalue weighted by atomic mass is 10.3. The van der Waals surface area contributed by atoms with Gasteiger partial charge in [0.1, 0.15) is 23.3 Å². The fourth-order valence-corrected chi connectivity index (χ4v) is 1.88. The van der Waals surface area contributed by atoms with Crippen LogP contribution < -0.4 is 15.5 Å². The van der Waals surface area contributed by atoms with E-state index < -0.39 is 17.7 Å². The third-order valence-corrected chi connectivity index (χ3v) is 2.87. The molecule has 0 saturated heterocycles. The highest BCUT2D eigenvalue weighted by Gasteiger charge is 2.08. The summed E-state index contributed by atoms with van der Waals surface area (Å²) in [5, 5.41) is 4.89. The molecule has 2 N–H and O–H groups in total. The predicted molar refractivity (Wildman–Crippen MR) is 83.3 cm³/mol. The van der Waals surface area contributed by atoms with Crippen molar-refractivity contribution in [1.82, 2.24) is 15.3 Å².